The molecule has 1 aromatic rings. The Hall–Kier alpha value is -1.20. The monoisotopic (exact) mass is 268 g/mol. The number of halogens is 1. The lowest BCUT2D eigenvalue weighted by Gasteiger charge is -2.32. The molecular weight excluding hydrogens is 260 g/mol. The molecule has 0 saturated heterocycles. The van der Waals surface area contributed by atoms with E-state index >= 15 is 0 Å². The normalized spacial score (nSPS) is 26.6. The summed E-state index contributed by atoms with van der Waals surface area (Å²) in [5.74, 6) is 0.471. The predicted molar refractivity (Wildman–Crippen MR) is 67.5 cm³/mol. The molecule has 1 spiro atoms. The molecule has 17 heavy (non-hydrogen) atoms. The molecule has 2 heterocycles. The molecule has 1 aromatic carbocycles. The van der Waals surface area contributed by atoms with Crippen LogP contribution in [0, 0.1) is 0 Å². The van der Waals surface area contributed by atoms with Crippen LogP contribution in [-0.4, -0.2) is 17.7 Å². The largest absolute Gasteiger partial charge is 0.493 e. The second kappa shape index (κ2) is 3.65. The van der Waals surface area contributed by atoms with Crippen molar-refractivity contribution in [2.45, 2.75) is 11.2 Å². The number of ether oxygens (including phenoxy) is 1. The van der Waals surface area contributed by atoms with Gasteiger partial charge in [-0.2, -0.15) is 4.99 Å². The van der Waals surface area contributed by atoms with Crippen LogP contribution < -0.4 is 10.5 Å². The summed E-state index contributed by atoms with van der Waals surface area (Å²) in [6.07, 6.45) is 0.564. The molecule has 0 radical (unpaired) electrons. The smallest absolute Gasteiger partial charge is 0.269 e. The lowest BCUT2D eigenvalue weighted by molar-refractivity contribution is -0.120. The van der Waals surface area contributed by atoms with Crippen molar-refractivity contribution < 1.29 is 9.53 Å². The summed E-state index contributed by atoms with van der Waals surface area (Å²) in [5.41, 5.74) is 6.42. The van der Waals surface area contributed by atoms with E-state index in [9.17, 15) is 4.79 Å². The molecule has 1 amide bonds. The molecule has 88 valence electrons. The number of nitrogens with two attached hydrogens (primary N) is 1. The van der Waals surface area contributed by atoms with E-state index in [1.807, 2.05) is 0 Å². The van der Waals surface area contributed by atoms with E-state index < -0.39 is 4.75 Å². The fraction of sp³-hybridized carbons (Fsp3) is 0.273. The molecule has 1 unspecified atom stereocenters. The van der Waals surface area contributed by atoms with Crippen LogP contribution >= 0.6 is 23.4 Å². The summed E-state index contributed by atoms with van der Waals surface area (Å²) in [4.78, 5) is 15.9. The Bertz CT molecular complexity index is 546. The second-order valence-electron chi connectivity index (χ2n) is 3.92. The van der Waals surface area contributed by atoms with Crippen molar-refractivity contribution in [3.8, 4) is 5.75 Å². The number of benzene rings is 1. The number of carbonyl (C=O) groups excluding carboxylic acids is 1. The maximum Gasteiger partial charge on any atom is 0.269 e. The highest BCUT2D eigenvalue weighted by Crippen LogP contribution is 2.51. The molecule has 0 bridgehead atoms. The van der Waals surface area contributed by atoms with Gasteiger partial charge in [0.25, 0.3) is 5.91 Å². The van der Waals surface area contributed by atoms with Crippen molar-refractivity contribution in [1.82, 2.24) is 0 Å². The van der Waals surface area contributed by atoms with Crippen LogP contribution in [0.25, 0.3) is 0 Å². The van der Waals surface area contributed by atoms with Gasteiger partial charge < -0.3 is 10.5 Å². The lowest BCUT2D eigenvalue weighted by atomic mass is 9.91. The minimum absolute atomic E-state index is 0.216. The van der Waals surface area contributed by atoms with E-state index in [0.29, 0.717) is 29.0 Å². The van der Waals surface area contributed by atoms with Gasteiger partial charge in [0.1, 0.15) is 10.5 Å². The van der Waals surface area contributed by atoms with Crippen LogP contribution in [-0.2, 0) is 9.54 Å². The molecule has 6 heteroatoms. The topological polar surface area (TPSA) is 64.7 Å². The highest BCUT2D eigenvalue weighted by molar-refractivity contribution is 8.15. The molecule has 0 saturated carbocycles. The number of aliphatic imine (C=N–C) groups is 1. The van der Waals surface area contributed by atoms with Crippen molar-refractivity contribution in [3.63, 3.8) is 0 Å². The first-order valence-electron chi connectivity index (χ1n) is 5.12. The molecule has 3 rings (SSSR count). The third kappa shape index (κ3) is 1.53. The Labute approximate surface area is 107 Å². The maximum atomic E-state index is 12.0. The van der Waals surface area contributed by atoms with Gasteiger partial charge in [-0.25, -0.2) is 0 Å². The molecule has 1 atom stereocenters. The Balaban J connectivity index is 2.17. The highest BCUT2D eigenvalue weighted by atomic mass is 35.5. The fourth-order valence-electron chi connectivity index (χ4n) is 2.15. The molecule has 2 aliphatic heterocycles. The summed E-state index contributed by atoms with van der Waals surface area (Å²) < 4.78 is 4.80. The lowest BCUT2D eigenvalue weighted by Crippen LogP contribution is -2.34. The van der Waals surface area contributed by atoms with Gasteiger partial charge in [0.2, 0.25) is 0 Å². The summed E-state index contributed by atoms with van der Waals surface area (Å²) in [6.45, 7) is 0.482. The standard InChI is InChI=1S/C11H9ClN2O2S/c12-6-1-2-8-7(5-6)11(3-4-16-8)9(15)14-10(13)17-11/h1-2,5H,3-4H2,(H2,13,14,15). The first kappa shape index (κ1) is 10.9. The minimum atomic E-state index is -0.734. The molecule has 0 fully saturated rings. The third-order valence-electron chi connectivity index (χ3n) is 2.92. The highest BCUT2D eigenvalue weighted by Gasteiger charge is 2.49. The number of amidine groups is 1. The van der Waals surface area contributed by atoms with Crippen LogP contribution in [0.4, 0.5) is 0 Å². The number of hydrogen-bond donors (Lipinski definition) is 1. The van der Waals surface area contributed by atoms with Gasteiger partial charge in [-0.05, 0) is 18.2 Å². The number of hydrogen-bond acceptors (Lipinski definition) is 4. The van der Waals surface area contributed by atoms with Gasteiger partial charge >= 0.3 is 0 Å². The quantitative estimate of drug-likeness (QED) is 0.781. The molecule has 0 aromatic heterocycles. The van der Waals surface area contributed by atoms with E-state index in [-0.39, 0.29) is 5.91 Å². The zero-order valence-corrected chi connectivity index (χ0v) is 10.3. The Morgan fingerprint density at radius 2 is 2.35 bits per heavy atom. The van der Waals surface area contributed by atoms with Crippen molar-refractivity contribution in [1.29, 1.82) is 0 Å². The Kier molecular flexibility index (Phi) is 2.34. The number of amides is 1. The van der Waals surface area contributed by atoms with E-state index in [4.69, 9.17) is 22.1 Å². The predicted octanol–water partition coefficient (Wildman–Crippen LogP) is 1.91. The number of thioether (sulfide) groups is 1. The Morgan fingerprint density at radius 3 is 3.06 bits per heavy atom. The average Bonchev–Trinajstić information content (AvgIpc) is 2.56. The zero-order chi connectivity index (χ0) is 12.0. The second-order valence-corrected chi connectivity index (χ2v) is 5.68. The van der Waals surface area contributed by atoms with Crippen molar-refractivity contribution >= 4 is 34.4 Å². The first-order valence-corrected chi connectivity index (χ1v) is 6.32. The van der Waals surface area contributed by atoms with Gasteiger partial charge in [0, 0.05) is 17.0 Å². The van der Waals surface area contributed by atoms with E-state index in [0.717, 1.165) is 5.56 Å². The van der Waals surface area contributed by atoms with Gasteiger partial charge in [0.15, 0.2) is 5.17 Å². The number of fused-ring (bicyclic) bond motifs is 2. The zero-order valence-electron chi connectivity index (χ0n) is 8.77. The van der Waals surface area contributed by atoms with Crippen LogP contribution in [0.15, 0.2) is 23.2 Å². The fourth-order valence-corrected chi connectivity index (χ4v) is 3.39. The van der Waals surface area contributed by atoms with Crippen LogP contribution in [0.3, 0.4) is 0 Å². The van der Waals surface area contributed by atoms with Gasteiger partial charge in [-0.1, -0.05) is 23.4 Å². The summed E-state index contributed by atoms with van der Waals surface area (Å²) in [5, 5.41) is 0.885. The van der Waals surface area contributed by atoms with Crippen LogP contribution in [0.1, 0.15) is 12.0 Å². The average molecular weight is 269 g/mol. The van der Waals surface area contributed by atoms with Crippen LogP contribution in [0.2, 0.25) is 5.02 Å². The van der Waals surface area contributed by atoms with Crippen molar-refractivity contribution in [2.75, 3.05) is 6.61 Å². The molecule has 2 N–H and O–H groups in total. The number of rotatable bonds is 0. The van der Waals surface area contributed by atoms with E-state index in [2.05, 4.69) is 4.99 Å². The summed E-state index contributed by atoms with van der Waals surface area (Å²) in [6, 6.07) is 5.28. The molecule has 0 aliphatic carbocycles. The van der Waals surface area contributed by atoms with E-state index in [1.165, 1.54) is 11.8 Å². The number of carbonyl (C=O) groups is 1. The molecule has 2 aliphatic rings. The van der Waals surface area contributed by atoms with Crippen LogP contribution in [0.5, 0.6) is 5.75 Å². The van der Waals surface area contributed by atoms with Crippen molar-refractivity contribution in [3.05, 3.63) is 28.8 Å². The van der Waals surface area contributed by atoms with E-state index in [1.54, 1.807) is 18.2 Å². The first-order chi connectivity index (χ1) is 8.12. The summed E-state index contributed by atoms with van der Waals surface area (Å²) in [7, 11) is 0. The number of nitrogens with zero attached hydrogens (tertiary/aromatic N) is 1. The SMILES string of the molecule is NC1=NC(=O)C2(CCOc3ccc(Cl)cc32)S1. The van der Waals surface area contributed by atoms with Gasteiger partial charge in [0.05, 0.1) is 6.61 Å². The van der Waals surface area contributed by atoms with Gasteiger partial charge in [-0.15, -0.1) is 0 Å². The molecular formula is C11H9ClN2O2S. The third-order valence-corrected chi connectivity index (χ3v) is 4.41. The van der Waals surface area contributed by atoms with Gasteiger partial charge in [-0.3, -0.25) is 4.79 Å². The maximum absolute atomic E-state index is 12.0. The summed E-state index contributed by atoms with van der Waals surface area (Å²) >= 11 is 7.27. The Morgan fingerprint density at radius 1 is 1.53 bits per heavy atom. The minimum Gasteiger partial charge on any atom is -0.493 e. The molecule has 4 nitrogen and oxygen atoms in total. The van der Waals surface area contributed by atoms with Crippen molar-refractivity contribution in [2.24, 2.45) is 10.7 Å².